The first kappa shape index (κ1) is 15.4. The van der Waals surface area contributed by atoms with E-state index in [0.29, 0.717) is 11.3 Å². The van der Waals surface area contributed by atoms with Crippen LogP contribution >= 0.6 is 11.8 Å². The third kappa shape index (κ3) is 3.21. The highest BCUT2D eigenvalue weighted by Gasteiger charge is 2.25. The zero-order valence-corrected chi connectivity index (χ0v) is 13.0. The maximum atomic E-state index is 12.2. The first-order valence-corrected chi connectivity index (χ1v) is 7.89. The normalized spacial score (nSPS) is 12.1. The largest absolute Gasteiger partial charge is 0.449 e. The standard InChI is InChI=1S/C15H17NO4S/c1-9(14(17)16-2)19-15(18)13-11(8-21-3)10-6-4-5-7-12(10)20-13/h4-7,9H,8H2,1-3H3,(H,16,17)/t9-/m0/s1. The van der Waals surface area contributed by atoms with E-state index < -0.39 is 12.1 Å². The van der Waals surface area contributed by atoms with Crippen molar-refractivity contribution >= 4 is 34.6 Å². The molecule has 0 fully saturated rings. The molecule has 1 amide bonds. The second-order valence-corrected chi connectivity index (χ2v) is 5.37. The van der Waals surface area contributed by atoms with E-state index in [1.54, 1.807) is 17.8 Å². The van der Waals surface area contributed by atoms with E-state index in [4.69, 9.17) is 9.15 Å². The lowest BCUT2D eigenvalue weighted by molar-refractivity contribution is -0.128. The predicted octanol–water partition coefficient (Wildman–Crippen LogP) is 2.59. The molecule has 0 unspecified atom stereocenters. The molecule has 1 N–H and O–H groups in total. The number of likely N-dealkylation sites (N-methyl/N-ethyl adjacent to an activating group) is 1. The minimum absolute atomic E-state index is 0.168. The van der Waals surface area contributed by atoms with Gasteiger partial charge in [-0.25, -0.2) is 4.79 Å². The highest BCUT2D eigenvalue weighted by molar-refractivity contribution is 7.97. The van der Waals surface area contributed by atoms with Crippen molar-refractivity contribution in [3.8, 4) is 0 Å². The molecule has 6 heteroatoms. The van der Waals surface area contributed by atoms with Crippen LogP contribution in [0.15, 0.2) is 28.7 Å². The van der Waals surface area contributed by atoms with Gasteiger partial charge in [0.1, 0.15) is 5.58 Å². The SMILES string of the molecule is CNC(=O)[C@H](C)OC(=O)c1oc2ccccc2c1CSC. The summed E-state index contributed by atoms with van der Waals surface area (Å²) in [4.78, 5) is 23.7. The van der Waals surface area contributed by atoms with Gasteiger partial charge in [0, 0.05) is 23.8 Å². The monoisotopic (exact) mass is 307 g/mol. The van der Waals surface area contributed by atoms with Crippen LogP contribution < -0.4 is 5.32 Å². The van der Waals surface area contributed by atoms with E-state index in [-0.39, 0.29) is 11.7 Å². The first-order valence-electron chi connectivity index (χ1n) is 6.50. The van der Waals surface area contributed by atoms with Crippen LogP contribution in [0.1, 0.15) is 23.0 Å². The van der Waals surface area contributed by atoms with Gasteiger partial charge in [-0.2, -0.15) is 11.8 Å². The van der Waals surface area contributed by atoms with E-state index >= 15 is 0 Å². The quantitative estimate of drug-likeness (QED) is 0.860. The molecule has 112 valence electrons. The Balaban J connectivity index is 2.34. The number of amides is 1. The van der Waals surface area contributed by atoms with Crippen LogP contribution in [-0.2, 0) is 15.3 Å². The Kier molecular flexibility index (Phi) is 4.90. The van der Waals surface area contributed by atoms with Crippen LogP contribution in [0.25, 0.3) is 11.0 Å². The summed E-state index contributed by atoms with van der Waals surface area (Å²) in [5, 5.41) is 3.33. The minimum Gasteiger partial charge on any atom is -0.449 e. The van der Waals surface area contributed by atoms with E-state index in [2.05, 4.69) is 5.32 Å². The molecule has 2 rings (SSSR count). The number of para-hydroxylation sites is 1. The van der Waals surface area contributed by atoms with Gasteiger partial charge < -0.3 is 14.5 Å². The summed E-state index contributed by atoms with van der Waals surface area (Å²) < 4.78 is 10.8. The molecule has 0 aliphatic rings. The molecule has 1 aromatic heterocycles. The topological polar surface area (TPSA) is 68.5 Å². The number of fused-ring (bicyclic) bond motifs is 1. The second-order valence-electron chi connectivity index (χ2n) is 4.50. The van der Waals surface area contributed by atoms with Gasteiger partial charge >= 0.3 is 5.97 Å². The van der Waals surface area contributed by atoms with E-state index in [9.17, 15) is 9.59 Å². The number of benzene rings is 1. The van der Waals surface area contributed by atoms with Gasteiger partial charge in [-0.3, -0.25) is 4.79 Å². The summed E-state index contributed by atoms with van der Waals surface area (Å²) in [6.45, 7) is 1.52. The number of hydrogen-bond donors (Lipinski definition) is 1. The number of nitrogens with one attached hydrogen (secondary N) is 1. The maximum absolute atomic E-state index is 12.2. The molecule has 21 heavy (non-hydrogen) atoms. The van der Waals surface area contributed by atoms with Crippen LogP contribution in [0.3, 0.4) is 0 Å². The maximum Gasteiger partial charge on any atom is 0.375 e. The molecule has 0 spiro atoms. The third-order valence-corrected chi connectivity index (χ3v) is 3.65. The molecule has 0 radical (unpaired) electrons. The molecular weight excluding hydrogens is 290 g/mol. The molecular formula is C15H17NO4S. The Bertz CT molecular complexity index is 665. The third-order valence-electron chi connectivity index (χ3n) is 3.07. The van der Waals surface area contributed by atoms with Crippen molar-refractivity contribution in [2.45, 2.75) is 18.8 Å². The molecule has 0 bridgehead atoms. The smallest absolute Gasteiger partial charge is 0.375 e. The average molecular weight is 307 g/mol. The average Bonchev–Trinajstić information content (AvgIpc) is 2.86. The Morgan fingerprint density at radius 2 is 2.10 bits per heavy atom. The molecule has 0 aliphatic heterocycles. The number of thioether (sulfide) groups is 1. The Hall–Kier alpha value is -1.95. The van der Waals surface area contributed by atoms with Crippen molar-refractivity contribution in [1.29, 1.82) is 0 Å². The zero-order valence-electron chi connectivity index (χ0n) is 12.1. The Labute approximate surface area is 127 Å². The number of carbonyl (C=O) groups is 2. The Morgan fingerprint density at radius 1 is 1.38 bits per heavy atom. The van der Waals surface area contributed by atoms with Gasteiger partial charge in [0.2, 0.25) is 5.76 Å². The van der Waals surface area contributed by atoms with Crippen LogP contribution in [0.4, 0.5) is 0 Å². The van der Waals surface area contributed by atoms with Crippen molar-refractivity contribution in [2.75, 3.05) is 13.3 Å². The van der Waals surface area contributed by atoms with E-state index in [0.717, 1.165) is 10.9 Å². The fourth-order valence-corrected chi connectivity index (χ4v) is 2.60. The van der Waals surface area contributed by atoms with Gasteiger partial charge in [-0.05, 0) is 19.2 Å². The highest BCUT2D eigenvalue weighted by atomic mass is 32.2. The molecule has 0 saturated carbocycles. The predicted molar refractivity (Wildman–Crippen MR) is 82.4 cm³/mol. The van der Waals surface area contributed by atoms with Gasteiger partial charge in [0.05, 0.1) is 0 Å². The molecule has 1 heterocycles. The summed E-state index contributed by atoms with van der Waals surface area (Å²) in [5.41, 5.74) is 1.44. The van der Waals surface area contributed by atoms with Gasteiger partial charge in [0.15, 0.2) is 6.10 Å². The van der Waals surface area contributed by atoms with Crippen LogP contribution in [0.5, 0.6) is 0 Å². The number of ether oxygens (including phenoxy) is 1. The zero-order chi connectivity index (χ0) is 15.4. The molecule has 2 aromatic rings. The minimum atomic E-state index is -0.863. The highest BCUT2D eigenvalue weighted by Crippen LogP contribution is 2.29. The van der Waals surface area contributed by atoms with Crippen LogP contribution in [0.2, 0.25) is 0 Å². The van der Waals surface area contributed by atoms with Gasteiger partial charge in [0.25, 0.3) is 5.91 Å². The van der Waals surface area contributed by atoms with Crippen LogP contribution in [0, 0.1) is 0 Å². The fourth-order valence-electron chi connectivity index (χ4n) is 2.02. The lowest BCUT2D eigenvalue weighted by Crippen LogP contribution is -2.33. The van der Waals surface area contributed by atoms with E-state index in [1.807, 2.05) is 24.5 Å². The molecule has 1 atom stereocenters. The van der Waals surface area contributed by atoms with Crippen molar-refractivity contribution in [3.63, 3.8) is 0 Å². The summed E-state index contributed by atoms with van der Waals surface area (Å²) >= 11 is 1.59. The number of esters is 1. The summed E-state index contributed by atoms with van der Waals surface area (Å²) in [7, 11) is 1.49. The van der Waals surface area contributed by atoms with Crippen molar-refractivity contribution in [3.05, 3.63) is 35.6 Å². The van der Waals surface area contributed by atoms with Crippen molar-refractivity contribution in [1.82, 2.24) is 5.32 Å². The van der Waals surface area contributed by atoms with Crippen molar-refractivity contribution in [2.24, 2.45) is 0 Å². The number of hydrogen-bond acceptors (Lipinski definition) is 5. The molecule has 5 nitrogen and oxygen atoms in total. The second kappa shape index (κ2) is 6.67. The van der Waals surface area contributed by atoms with Crippen molar-refractivity contribution < 1.29 is 18.7 Å². The summed E-state index contributed by atoms with van der Waals surface area (Å²) in [5.74, 6) is -0.172. The van der Waals surface area contributed by atoms with Crippen LogP contribution in [-0.4, -0.2) is 31.3 Å². The number of furan rings is 1. The lowest BCUT2D eigenvalue weighted by atomic mass is 10.1. The molecule has 1 aromatic carbocycles. The first-order chi connectivity index (χ1) is 10.1. The summed E-state index contributed by atoms with van der Waals surface area (Å²) in [6.07, 6.45) is 1.09. The Morgan fingerprint density at radius 3 is 2.76 bits per heavy atom. The lowest BCUT2D eigenvalue weighted by Gasteiger charge is -2.10. The number of rotatable bonds is 5. The summed E-state index contributed by atoms with van der Waals surface area (Å²) in [6, 6.07) is 7.45. The number of carbonyl (C=O) groups excluding carboxylic acids is 2. The van der Waals surface area contributed by atoms with Gasteiger partial charge in [-0.15, -0.1) is 0 Å². The molecule has 0 saturated heterocycles. The molecule has 0 aliphatic carbocycles. The van der Waals surface area contributed by atoms with E-state index in [1.165, 1.54) is 14.0 Å². The fraction of sp³-hybridized carbons (Fsp3) is 0.333. The van der Waals surface area contributed by atoms with Gasteiger partial charge in [-0.1, -0.05) is 18.2 Å².